The molecule has 0 saturated heterocycles. The van der Waals surface area contributed by atoms with E-state index < -0.39 is 0 Å². The molecule has 0 aliphatic rings. The first kappa shape index (κ1) is 14.5. The van der Waals surface area contributed by atoms with E-state index in [0.29, 0.717) is 6.04 Å². The van der Waals surface area contributed by atoms with Crippen molar-refractivity contribution in [3.05, 3.63) is 11.8 Å². The lowest BCUT2D eigenvalue weighted by Gasteiger charge is -2.16. The number of rotatable bonds is 8. The van der Waals surface area contributed by atoms with Crippen LogP contribution in [-0.2, 0) is 7.05 Å². The molecule has 1 rings (SSSR count). The van der Waals surface area contributed by atoms with E-state index in [0.717, 1.165) is 30.8 Å². The molecule has 1 aromatic rings. The van der Waals surface area contributed by atoms with Crippen LogP contribution < -0.4 is 5.32 Å². The zero-order valence-corrected chi connectivity index (χ0v) is 11.8. The number of nitrogens with one attached hydrogen (secondary N) is 1. The van der Waals surface area contributed by atoms with Crippen molar-refractivity contribution in [3.63, 3.8) is 0 Å². The molecule has 2 N–H and O–H groups in total. The topological polar surface area (TPSA) is 50.1 Å². The van der Waals surface area contributed by atoms with Gasteiger partial charge in [-0.05, 0) is 32.4 Å². The molecule has 0 aliphatic heterocycles. The summed E-state index contributed by atoms with van der Waals surface area (Å²) in [6, 6.07) is 2.47. The van der Waals surface area contributed by atoms with Crippen molar-refractivity contribution in [1.82, 2.24) is 15.1 Å². The molecule has 0 radical (unpaired) electrons. The summed E-state index contributed by atoms with van der Waals surface area (Å²) in [6.45, 7) is 5.41. The van der Waals surface area contributed by atoms with Gasteiger partial charge in [0.2, 0.25) is 0 Å². The maximum absolute atomic E-state index is 9.03. The van der Waals surface area contributed by atoms with Crippen LogP contribution in [0.4, 0.5) is 0 Å². The van der Waals surface area contributed by atoms with Crippen LogP contribution in [0.25, 0.3) is 0 Å². The molecule has 98 valence electrons. The summed E-state index contributed by atoms with van der Waals surface area (Å²) in [4.78, 5) is 0. The number of aryl methyl sites for hydroxylation is 2. The van der Waals surface area contributed by atoms with Crippen molar-refractivity contribution in [2.45, 2.75) is 37.8 Å². The number of hydrogen-bond donors (Lipinski definition) is 2. The van der Waals surface area contributed by atoms with Gasteiger partial charge in [-0.1, -0.05) is 6.92 Å². The third-order valence-corrected chi connectivity index (χ3v) is 3.80. The summed E-state index contributed by atoms with van der Waals surface area (Å²) in [5.41, 5.74) is 1.05. The third-order valence-electron chi connectivity index (χ3n) is 2.55. The van der Waals surface area contributed by atoms with Crippen LogP contribution in [0.2, 0.25) is 0 Å². The quantitative estimate of drug-likeness (QED) is 0.694. The van der Waals surface area contributed by atoms with E-state index in [9.17, 15) is 0 Å². The molecule has 0 amide bonds. The zero-order valence-electron chi connectivity index (χ0n) is 10.9. The highest BCUT2D eigenvalue weighted by Crippen LogP contribution is 2.19. The Morgan fingerprint density at radius 3 is 2.88 bits per heavy atom. The van der Waals surface area contributed by atoms with Gasteiger partial charge in [0.25, 0.3) is 0 Å². The van der Waals surface area contributed by atoms with Crippen molar-refractivity contribution >= 4 is 11.8 Å². The standard InChI is InChI=1S/C12H23N3OS/c1-4-6-13-11(5-7-16)9-17-12-8-10(2)14-15(12)3/h8,11,13,16H,4-7,9H2,1-3H3. The Bertz CT molecular complexity index is 328. The fraction of sp³-hybridized carbons (Fsp3) is 0.750. The molecule has 1 atom stereocenters. The van der Waals surface area contributed by atoms with Crippen LogP contribution >= 0.6 is 11.8 Å². The molecule has 0 aromatic carbocycles. The molecule has 4 nitrogen and oxygen atoms in total. The van der Waals surface area contributed by atoms with Gasteiger partial charge in [0, 0.05) is 25.4 Å². The molecule has 5 heteroatoms. The van der Waals surface area contributed by atoms with Crippen molar-refractivity contribution in [1.29, 1.82) is 0 Å². The van der Waals surface area contributed by atoms with Gasteiger partial charge in [-0.25, -0.2) is 0 Å². The Labute approximate surface area is 108 Å². The van der Waals surface area contributed by atoms with E-state index in [4.69, 9.17) is 5.11 Å². The van der Waals surface area contributed by atoms with E-state index in [2.05, 4.69) is 23.4 Å². The highest BCUT2D eigenvalue weighted by Gasteiger charge is 2.10. The van der Waals surface area contributed by atoms with Gasteiger partial charge in [0.15, 0.2) is 0 Å². The van der Waals surface area contributed by atoms with Crippen LogP contribution in [0.5, 0.6) is 0 Å². The lowest BCUT2D eigenvalue weighted by molar-refractivity contribution is 0.270. The van der Waals surface area contributed by atoms with Gasteiger partial charge >= 0.3 is 0 Å². The molecule has 1 aromatic heterocycles. The minimum Gasteiger partial charge on any atom is -0.396 e. The minimum atomic E-state index is 0.242. The Kier molecular flexibility index (Phi) is 6.62. The molecule has 0 bridgehead atoms. The highest BCUT2D eigenvalue weighted by atomic mass is 32.2. The average Bonchev–Trinajstić information content (AvgIpc) is 2.61. The number of hydrogen-bond acceptors (Lipinski definition) is 4. The van der Waals surface area contributed by atoms with Crippen molar-refractivity contribution in [3.8, 4) is 0 Å². The number of thioether (sulfide) groups is 1. The first-order valence-corrected chi connectivity index (χ1v) is 7.13. The lowest BCUT2D eigenvalue weighted by atomic mass is 10.2. The van der Waals surface area contributed by atoms with Crippen LogP contribution in [-0.4, -0.2) is 39.8 Å². The second-order valence-corrected chi connectivity index (χ2v) is 5.26. The smallest absolute Gasteiger partial charge is 0.0939 e. The van der Waals surface area contributed by atoms with Crippen LogP contribution in [0.15, 0.2) is 11.1 Å². The Hall–Kier alpha value is -0.520. The monoisotopic (exact) mass is 257 g/mol. The van der Waals surface area contributed by atoms with Gasteiger partial charge in [-0.3, -0.25) is 4.68 Å². The van der Waals surface area contributed by atoms with Crippen molar-refractivity contribution in [2.24, 2.45) is 7.05 Å². The Balaban J connectivity index is 2.42. The third kappa shape index (κ3) is 5.10. The first-order valence-electron chi connectivity index (χ1n) is 6.15. The van der Waals surface area contributed by atoms with Gasteiger partial charge in [0.05, 0.1) is 10.7 Å². The fourth-order valence-electron chi connectivity index (χ4n) is 1.66. The number of aromatic nitrogens is 2. The highest BCUT2D eigenvalue weighted by molar-refractivity contribution is 7.99. The second-order valence-electron chi connectivity index (χ2n) is 4.22. The summed E-state index contributed by atoms with van der Waals surface area (Å²) < 4.78 is 1.91. The van der Waals surface area contributed by atoms with E-state index in [1.54, 1.807) is 11.8 Å². The molecule has 0 saturated carbocycles. The molecule has 0 spiro atoms. The normalized spacial score (nSPS) is 12.9. The maximum atomic E-state index is 9.03. The van der Waals surface area contributed by atoms with Crippen molar-refractivity contribution < 1.29 is 5.11 Å². The van der Waals surface area contributed by atoms with Gasteiger partial charge in [-0.15, -0.1) is 11.8 Å². The second kappa shape index (κ2) is 7.74. The van der Waals surface area contributed by atoms with Gasteiger partial charge < -0.3 is 10.4 Å². The summed E-state index contributed by atoms with van der Waals surface area (Å²) in [7, 11) is 1.97. The largest absolute Gasteiger partial charge is 0.396 e. The molecule has 0 fully saturated rings. The lowest BCUT2D eigenvalue weighted by Crippen LogP contribution is -2.32. The van der Waals surface area contributed by atoms with Gasteiger partial charge in [0.1, 0.15) is 0 Å². The van der Waals surface area contributed by atoms with Crippen LogP contribution in [0.1, 0.15) is 25.5 Å². The predicted molar refractivity (Wildman–Crippen MR) is 72.5 cm³/mol. The maximum Gasteiger partial charge on any atom is 0.0939 e. The SMILES string of the molecule is CCCNC(CCO)CSc1cc(C)nn1C. The van der Waals surface area contributed by atoms with Crippen molar-refractivity contribution in [2.75, 3.05) is 18.9 Å². The Morgan fingerprint density at radius 1 is 1.59 bits per heavy atom. The molecule has 1 unspecified atom stereocenters. The average molecular weight is 257 g/mol. The van der Waals surface area contributed by atoms with E-state index in [1.165, 1.54) is 5.03 Å². The number of nitrogens with zero attached hydrogens (tertiary/aromatic N) is 2. The van der Waals surface area contributed by atoms with Gasteiger partial charge in [-0.2, -0.15) is 5.10 Å². The summed E-state index contributed by atoms with van der Waals surface area (Å²) >= 11 is 1.79. The van der Waals surface area contributed by atoms with Crippen LogP contribution in [0.3, 0.4) is 0 Å². The van der Waals surface area contributed by atoms with E-state index >= 15 is 0 Å². The number of aliphatic hydroxyl groups excluding tert-OH is 1. The molecular weight excluding hydrogens is 234 g/mol. The Morgan fingerprint density at radius 2 is 2.35 bits per heavy atom. The fourth-order valence-corrected chi connectivity index (χ4v) is 2.79. The first-order chi connectivity index (χ1) is 8.17. The molecule has 0 aliphatic carbocycles. The molecule has 17 heavy (non-hydrogen) atoms. The zero-order chi connectivity index (χ0) is 12.7. The summed E-state index contributed by atoms with van der Waals surface area (Å²) in [6.07, 6.45) is 1.93. The number of aliphatic hydroxyl groups is 1. The minimum absolute atomic E-state index is 0.242. The van der Waals surface area contributed by atoms with E-state index in [1.807, 2.05) is 18.7 Å². The summed E-state index contributed by atoms with van der Waals surface area (Å²) in [5, 5.41) is 18.0. The predicted octanol–water partition coefficient (Wildman–Crippen LogP) is 1.57. The van der Waals surface area contributed by atoms with E-state index in [-0.39, 0.29) is 6.61 Å². The molecule has 1 heterocycles. The van der Waals surface area contributed by atoms with Crippen LogP contribution in [0, 0.1) is 6.92 Å². The summed E-state index contributed by atoms with van der Waals surface area (Å²) in [5.74, 6) is 0.972. The molecular formula is C12H23N3OS.